The van der Waals surface area contributed by atoms with Crippen LogP contribution in [0.4, 0.5) is 0 Å². The first-order valence-corrected chi connectivity index (χ1v) is 7.47. The molecule has 1 heterocycles. The Morgan fingerprint density at radius 1 is 1.50 bits per heavy atom. The highest BCUT2D eigenvalue weighted by atomic mass is 32.2. The van der Waals surface area contributed by atoms with Gasteiger partial charge in [-0.2, -0.15) is 5.26 Å². The summed E-state index contributed by atoms with van der Waals surface area (Å²) >= 11 is 0. The molecule has 2 rings (SSSR count). The second-order valence-corrected chi connectivity index (χ2v) is 7.04. The normalized spacial score (nSPS) is 35.6. The minimum Gasteiger partial charge on any atom is -0.314 e. The van der Waals surface area contributed by atoms with Crippen molar-refractivity contribution in [3.8, 4) is 6.07 Å². The summed E-state index contributed by atoms with van der Waals surface area (Å²) in [5.74, 6) is 0. The van der Waals surface area contributed by atoms with Crippen molar-refractivity contribution >= 4 is 9.84 Å². The van der Waals surface area contributed by atoms with Gasteiger partial charge in [-0.3, -0.25) is 4.90 Å². The summed E-state index contributed by atoms with van der Waals surface area (Å²) in [7, 11) is -3.06. The van der Waals surface area contributed by atoms with Gasteiger partial charge in [0, 0.05) is 39.0 Å². The topological polar surface area (TPSA) is 73.2 Å². The second kappa shape index (κ2) is 3.99. The van der Waals surface area contributed by atoms with Gasteiger partial charge in [0.25, 0.3) is 0 Å². The molecule has 0 aromatic heterocycles. The van der Waals surface area contributed by atoms with Crippen LogP contribution in [0, 0.1) is 16.7 Å². The Hall–Kier alpha value is -0.640. The van der Waals surface area contributed by atoms with Gasteiger partial charge in [0.05, 0.1) is 16.7 Å². The third kappa shape index (κ3) is 2.21. The standard InChI is InChI=1S/C10H17N3O2S/c1-16(14,15)9-6-10(9,7-11)8-13-4-2-12-3-5-13/h9,12H,2-6,8H2,1H3. The molecular weight excluding hydrogens is 226 g/mol. The van der Waals surface area contributed by atoms with Crippen LogP contribution in [0.1, 0.15) is 6.42 Å². The van der Waals surface area contributed by atoms with Gasteiger partial charge in [-0.25, -0.2) is 8.42 Å². The number of hydrogen-bond acceptors (Lipinski definition) is 5. The summed E-state index contributed by atoms with van der Waals surface area (Å²) in [5.41, 5.74) is -0.634. The maximum atomic E-state index is 11.4. The first-order valence-electron chi connectivity index (χ1n) is 5.51. The molecule has 1 aliphatic heterocycles. The van der Waals surface area contributed by atoms with Crippen LogP contribution in [0.5, 0.6) is 0 Å². The van der Waals surface area contributed by atoms with Crippen molar-refractivity contribution in [2.45, 2.75) is 11.7 Å². The summed E-state index contributed by atoms with van der Waals surface area (Å²) in [6.45, 7) is 4.25. The quantitative estimate of drug-likeness (QED) is 0.704. The fourth-order valence-corrected chi connectivity index (χ4v) is 3.97. The third-order valence-electron chi connectivity index (χ3n) is 3.46. The SMILES string of the molecule is CS(=O)(=O)C1CC1(C#N)CN1CCNCC1. The van der Waals surface area contributed by atoms with Crippen molar-refractivity contribution in [2.75, 3.05) is 39.0 Å². The lowest BCUT2D eigenvalue weighted by Crippen LogP contribution is -2.46. The van der Waals surface area contributed by atoms with Crippen LogP contribution in [-0.2, 0) is 9.84 Å². The number of rotatable bonds is 3. The average Bonchev–Trinajstić information content (AvgIpc) is 2.95. The van der Waals surface area contributed by atoms with Gasteiger partial charge in [-0.05, 0) is 6.42 Å². The molecule has 0 aromatic carbocycles. The van der Waals surface area contributed by atoms with Crippen LogP contribution in [-0.4, -0.2) is 57.5 Å². The Morgan fingerprint density at radius 3 is 2.56 bits per heavy atom. The minimum atomic E-state index is -3.06. The molecule has 16 heavy (non-hydrogen) atoms. The number of nitrogens with one attached hydrogen (secondary N) is 1. The van der Waals surface area contributed by atoms with Crippen molar-refractivity contribution in [3.05, 3.63) is 0 Å². The molecule has 0 amide bonds. The number of piperazine rings is 1. The molecular formula is C10H17N3O2S. The van der Waals surface area contributed by atoms with Crippen LogP contribution in [0.2, 0.25) is 0 Å². The van der Waals surface area contributed by atoms with Gasteiger partial charge in [0.1, 0.15) is 0 Å². The molecule has 1 N–H and O–H groups in total. The van der Waals surface area contributed by atoms with E-state index in [1.54, 1.807) is 0 Å². The molecule has 0 bridgehead atoms. The van der Waals surface area contributed by atoms with E-state index >= 15 is 0 Å². The highest BCUT2D eigenvalue weighted by Crippen LogP contribution is 2.50. The third-order valence-corrected chi connectivity index (χ3v) is 5.11. The van der Waals surface area contributed by atoms with Crippen LogP contribution >= 0.6 is 0 Å². The first-order chi connectivity index (χ1) is 7.48. The summed E-state index contributed by atoms with van der Waals surface area (Å²) in [6, 6.07) is 2.22. The lowest BCUT2D eigenvalue weighted by atomic mass is 10.1. The van der Waals surface area contributed by atoms with Gasteiger partial charge in [-0.15, -0.1) is 0 Å². The van der Waals surface area contributed by atoms with Gasteiger partial charge < -0.3 is 5.32 Å². The van der Waals surface area contributed by atoms with Gasteiger partial charge >= 0.3 is 0 Å². The van der Waals surface area contributed by atoms with Crippen molar-refractivity contribution in [2.24, 2.45) is 5.41 Å². The van der Waals surface area contributed by atoms with E-state index in [0.717, 1.165) is 26.2 Å². The molecule has 2 fully saturated rings. The molecule has 2 aliphatic rings. The zero-order valence-electron chi connectivity index (χ0n) is 9.44. The lowest BCUT2D eigenvalue weighted by Gasteiger charge is -2.29. The van der Waals surface area contributed by atoms with E-state index in [2.05, 4.69) is 16.3 Å². The fraction of sp³-hybridized carbons (Fsp3) is 0.900. The lowest BCUT2D eigenvalue weighted by molar-refractivity contribution is 0.215. The van der Waals surface area contributed by atoms with E-state index < -0.39 is 20.5 Å². The molecule has 0 aromatic rings. The van der Waals surface area contributed by atoms with E-state index in [0.29, 0.717) is 13.0 Å². The molecule has 2 unspecified atom stereocenters. The molecule has 6 heteroatoms. The number of nitriles is 1. The van der Waals surface area contributed by atoms with E-state index in [-0.39, 0.29) is 0 Å². The molecule has 2 atom stereocenters. The Balaban J connectivity index is 2.01. The largest absolute Gasteiger partial charge is 0.314 e. The molecule has 90 valence electrons. The average molecular weight is 243 g/mol. The highest BCUT2D eigenvalue weighted by molar-refractivity contribution is 7.91. The van der Waals surface area contributed by atoms with E-state index in [1.165, 1.54) is 6.26 Å². The number of sulfone groups is 1. The van der Waals surface area contributed by atoms with Gasteiger partial charge in [0.15, 0.2) is 9.84 Å². The van der Waals surface area contributed by atoms with Crippen LogP contribution in [0.3, 0.4) is 0 Å². The summed E-state index contributed by atoms with van der Waals surface area (Å²) in [5, 5.41) is 12.0. The van der Waals surface area contributed by atoms with E-state index in [1.807, 2.05) is 0 Å². The maximum absolute atomic E-state index is 11.4. The Morgan fingerprint density at radius 2 is 2.12 bits per heavy atom. The zero-order chi connectivity index (χ0) is 11.8. The molecule has 1 saturated heterocycles. The fourth-order valence-electron chi connectivity index (χ4n) is 2.42. The predicted molar refractivity (Wildman–Crippen MR) is 60.6 cm³/mol. The van der Waals surface area contributed by atoms with Crippen LogP contribution in [0.25, 0.3) is 0 Å². The Kier molecular flexibility index (Phi) is 2.95. The van der Waals surface area contributed by atoms with Gasteiger partial charge in [0.2, 0.25) is 0 Å². The van der Waals surface area contributed by atoms with E-state index in [4.69, 9.17) is 5.26 Å². The second-order valence-electron chi connectivity index (χ2n) is 4.82. The molecule has 1 saturated carbocycles. The molecule has 1 aliphatic carbocycles. The monoisotopic (exact) mass is 243 g/mol. The first kappa shape index (κ1) is 11.8. The number of hydrogen-bond donors (Lipinski definition) is 1. The smallest absolute Gasteiger partial charge is 0.151 e. The maximum Gasteiger partial charge on any atom is 0.151 e. The Labute approximate surface area is 96.3 Å². The predicted octanol–water partition coefficient (Wildman–Crippen LogP) is -0.782. The summed E-state index contributed by atoms with van der Waals surface area (Å²) < 4.78 is 22.9. The zero-order valence-corrected chi connectivity index (χ0v) is 10.3. The summed E-state index contributed by atoms with van der Waals surface area (Å²) in [4.78, 5) is 2.19. The minimum absolute atomic E-state index is 0.445. The molecule has 0 radical (unpaired) electrons. The van der Waals surface area contributed by atoms with Crippen molar-refractivity contribution in [1.29, 1.82) is 5.26 Å². The van der Waals surface area contributed by atoms with Gasteiger partial charge in [-0.1, -0.05) is 0 Å². The highest BCUT2D eigenvalue weighted by Gasteiger charge is 2.61. The summed E-state index contributed by atoms with van der Waals surface area (Å²) in [6.07, 6.45) is 1.74. The Bertz CT molecular complexity index is 408. The van der Waals surface area contributed by atoms with E-state index in [9.17, 15) is 8.42 Å². The van der Waals surface area contributed by atoms with Crippen LogP contribution < -0.4 is 5.32 Å². The van der Waals surface area contributed by atoms with Crippen molar-refractivity contribution in [1.82, 2.24) is 10.2 Å². The molecule has 5 nitrogen and oxygen atoms in total. The van der Waals surface area contributed by atoms with Crippen LogP contribution in [0.15, 0.2) is 0 Å². The number of nitrogens with zero attached hydrogens (tertiary/aromatic N) is 2. The van der Waals surface area contributed by atoms with Crippen molar-refractivity contribution in [3.63, 3.8) is 0 Å². The van der Waals surface area contributed by atoms with Crippen molar-refractivity contribution < 1.29 is 8.42 Å². The molecule has 0 spiro atoms.